The molecule has 1 unspecified atom stereocenters. The number of rotatable bonds is 1. The van der Waals surface area contributed by atoms with Crippen LogP contribution in [0.3, 0.4) is 0 Å². The van der Waals surface area contributed by atoms with Gasteiger partial charge in [0.25, 0.3) is 0 Å². The lowest BCUT2D eigenvalue weighted by Gasteiger charge is -2.35. The number of halogens is 1. The Morgan fingerprint density at radius 2 is 2.37 bits per heavy atom. The molecule has 5 nitrogen and oxygen atoms in total. The van der Waals surface area contributed by atoms with Gasteiger partial charge in [0.05, 0.1) is 6.20 Å². The summed E-state index contributed by atoms with van der Waals surface area (Å²) < 4.78 is 0. The maximum Gasteiger partial charge on any atom is 0.226 e. The van der Waals surface area contributed by atoms with Crippen LogP contribution in [0.25, 0.3) is 0 Å². The van der Waals surface area contributed by atoms with Gasteiger partial charge in [0.1, 0.15) is 0 Å². The highest BCUT2D eigenvalue weighted by Gasteiger charge is 2.30. The number of carbonyl (C=O) groups is 1. The summed E-state index contributed by atoms with van der Waals surface area (Å²) in [5, 5.41) is 10.5. The molecular weight excluding hydrogens is 264 g/mol. The first kappa shape index (κ1) is 14.3. The molecule has 2 heterocycles. The highest BCUT2D eigenvalue weighted by atomic mass is 35.5. The number of hydrogen-bond acceptors (Lipinski definition) is 3. The zero-order chi connectivity index (χ0) is 12.5. The first-order chi connectivity index (χ1) is 8.74. The number of H-pyrrole nitrogens is 1. The van der Waals surface area contributed by atoms with Crippen LogP contribution < -0.4 is 5.32 Å². The van der Waals surface area contributed by atoms with Gasteiger partial charge in [-0.05, 0) is 31.7 Å². The predicted molar refractivity (Wildman–Crippen MR) is 75.4 cm³/mol. The molecule has 1 fully saturated rings. The number of amides is 1. The van der Waals surface area contributed by atoms with Crippen molar-refractivity contribution in [2.24, 2.45) is 5.92 Å². The van der Waals surface area contributed by atoms with E-state index in [1.807, 2.05) is 11.1 Å². The number of aromatic amines is 1. The minimum Gasteiger partial charge on any atom is -0.340 e. The van der Waals surface area contributed by atoms with Gasteiger partial charge in [-0.3, -0.25) is 9.89 Å². The Morgan fingerprint density at radius 3 is 3.16 bits per heavy atom. The first-order valence-corrected chi connectivity index (χ1v) is 6.77. The van der Waals surface area contributed by atoms with Gasteiger partial charge in [0.2, 0.25) is 5.91 Å². The third-order valence-electron chi connectivity index (χ3n) is 4.05. The molecule has 1 amide bonds. The maximum absolute atomic E-state index is 12.5. The van der Waals surface area contributed by atoms with E-state index in [9.17, 15) is 4.79 Å². The lowest BCUT2D eigenvalue weighted by molar-refractivity contribution is -0.137. The summed E-state index contributed by atoms with van der Waals surface area (Å²) in [6, 6.07) is 0.413. The van der Waals surface area contributed by atoms with Crippen molar-refractivity contribution in [2.75, 3.05) is 19.6 Å². The summed E-state index contributed by atoms with van der Waals surface area (Å²) in [6.45, 7) is 4.73. The molecule has 0 aromatic carbocycles. The minimum atomic E-state index is 0. The van der Waals surface area contributed by atoms with E-state index in [4.69, 9.17) is 0 Å². The van der Waals surface area contributed by atoms with Gasteiger partial charge in [0.15, 0.2) is 0 Å². The monoisotopic (exact) mass is 284 g/mol. The van der Waals surface area contributed by atoms with Crippen LogP contribution in [-0.2, 0) is 17.6 Å². The number of nitrogens with zero attached hydrogens (tertiary/aromatic N) is 2. The molecule has 0 radical (unpaired) electrons. The lowest BCUT2D eigenvalue weighted by Crippen LogP contribution is -2.53. The van der Waals surface area contributed by atoms with Gasteiger partial charge >= 0.3 is 0 Å². The minimum absolute atomic E-state index is 0. The summed E-state index contributed by atoms with van der Waals surface area (Å²) >= 11 is 0. The third kappa shape index (κ3) is 2.92. The van der Waals surface area contributed by atoms with Crippen LogP contribution in [0.4, 0.5) is 0 Å². The molecule has 106 valence electrons. The van der Waals surface area contributed by atoms with Crippen molar-refractivity contribution in [3.63, 3.8) is 0 Å². The van der Waals surface area contributed by atoms with Crippen LogP contribution in [0.15, 0.2) is 6.20 Å². The smallest absolute Gasteiger partial charge is 0.226 e. The second kappa shape index (κ2) is 5.92. The topological polar surface area (TPSA) is 61.0 Å². The van der Waals surface area contributed by atoms with Gasteiger partial charge in [0, 0.05) is 37.3 Å². The van der Waals surface area contributed by atoms with E-state index in [-0.39, 0.29) is 18.3 Å². The lowest BCUT2D eigenvalue weighted by atomic mass is 9.86. The van der Waals surface area contributed by atoms with E-state index < -0.39 is 0 Å². The van der Waals surface area contributed by atoms with Crippen molar-refractivity contribution in [3.8, 4) is 0 Å². The van der Waals surface area contributed by atoms with Crippen LogP contribution in [0, 0.1) is 5.92 Å². The van der Waals surface area contributed by atoms with Crippen molar-refractivity contribution in [1.82, 2.24) is 20.4 Å². The SMILES string of the molecule is C[C@@H]1CN(C(=O)C2CCc3[nH]ncc3C2)CCN1.Cl. The van der Waals surface area contributed by atoms with Gasteiger partial charge in [-0.15, -0.1) is 12.4 Å². The van der Waals surface area contributed by atoms with Crippen molar-refractivity contribution in [1.29, 1.82) is 0 Å². The number of piperazine rings is 1. The van der Waals surface area contributed by atoms with Gasteiger partial charge in [-0.2, -0.15) is 5.10 Å². The van der Waals surface area contributed by atoms with Crippen molar-refractivity contribution >= 4 is 18.3 Å². The van der Waals surface area contributed by atoms with Crippen molar-refractivity contribution in [3.05, 3.63) is 17.5 Å². The van der Waals surface area contributed by atoms with Crippen LogP contribution in [-0.4, -0.2) is 46.7 Å². The molecular formula is C13H21ClN4O. The second-order valence-corrected chi connectivity index (χ2v) is 5.45. The fourth-order valence-corrected chi connectivity index (χ4v) is 3.02. The molecule has 3 rings (SSSR count). The maximum atomic E-state index is 12.5. The van der Waals surface area contributed by atoms with E-state index in [1.54, 1.807) is 0 Å². The molecule has 1 aromatic rings. The van der Waals surface area contributed by atoms with Crippen LogP contribution in [0.2, 0.25) is 0 Å². The second-order valence-electron chi connectivity index (χ2n) is 5.45. The van der Waals surface area contributed by atoms with Gasteiger partial charge in [-0.25, -0.2) is 0 Å². The molecule has 1 saturated heterocycles. The highest BCUT2D eigenvalue weighted by Crippen LogP contribution is 2.25. The quantitative estimate of drug-likeness (QED) is 0.800. The molecule has 0 saturated carbocycles. The number of aryl methyl sites for hydroxylation is 1. The first-order valence-electron chi connectivity index (χ1n) is 6.77. The average molecular weight is 285 g/mol. The highest BCUT2D eigenvalue weighted by molar-refractivity contribution is 5.85. The number of nitrogens with one attached hydrogen (secondary N) is 2. The van der Waals surface area contributed by atoms with E-state index in [0.29, 0.717) is 11.9 Å². The molecule has 2 atom stereocenters. The summed E-state index contributed by atoms with van der Waals surface area (Å²) in [5.41, 5.74) is 2.44. The Balaban J connectivity index is 0.00000133. The van der Waals surface area contributed by atoms with E-state index >= 15 is 0 Å². The Kier molecular flexibility index (Phi) is 4.47. The molecule has 1 aliphatic heterocycles. The Morgan fingerprint density at radius 1 is 1.53 bits per heavy atom. The Bertz CT molecular complexity index is 448. The zero-order valence-electron chi connectivity index (χ0n) is 11.2. The molecule has 6 heteroatoms. The Labute approximate surface area is 119 Å². The fourth-order valence-electron chi connectivity index (χ4n) is 3.02. The third-order valence-corrected chi connectivity index (χ3v) is 4.05. The van der Waals surface area contributed by atoms with Gasteiger partial charge < -0.3 is 10.2 Å². The van der Waals surface area contributed by atoms with Crippen LogP contribution in [0.1, 0.15) is 24.6 Å². The number of hydrogen-bond donors (Lipinski definition) is 2. The summed E-state index contributed by atoms with van der Waals surface area (Å²) in [4.78, 5) is 14.5. The van der Waals surface area contributed by atoms with E-state index in [2.05, 4.69) is 22.4 Å². The fraction of sp³-hybridized carbons (Fsp3) is 0.692. The summed E-state index contributed by atoms with van der Waals surface area (Å²) in [5.74, 6) is 0.482. The van der Waals surface area contributed by atoms with Gasteiger partial charge in [-0.1, -0.05) is 0 Å². The zero-order valence-corrected chi connectivity index (χ0v) is 12.0. The Hall–Kier alpha value is -1.07. The molecule has 0 bridgehead atoms. The average Bonchev–Trinajstić information content (AvgIpc) is 2.85. The van der Waals surface area contributed by atoms with Crippen LogP contribution >= 0.6 is 12.4 Å². The molecule has 1 aromatic heterocycles. The van der Waals surface area contributed by atoms with Crippen molar-refractivity contribution in [2.45, 2.75) is 32.2 Å². The van der Waals surface area contributed by atoms with E-state index in [1.165, 1.54) is 11.3 Å². The summed E-state index contributed by atoms with van der Waals surface area (Å²) in [6.07, 6.45) is 4.62. The standard InChI is InChI=1S/C13H20N4O.ClH/c1-9-8-17(5-4-14-9)13(18)10-2-3-12-11(6-10)7-15-16-12;/h7,9-10,14H,2-6,8H2,1H3,(H,15,16);1H/t9-,10?;/m1./s1. The molecule has 19 heavy (non-hydrogen) atoms. The molecule has 0 spiro atoms. The summed E-state index contributed by atoms with van der Waals surface area (Å²) in [7, 11) is 0. The number of fused-ring (bicyclic) bond motifs is 1. The number of aromatic nitrogens is 2. The largest absolute Gasteiger partial charge is 0.340 e. The van der Waals surface area contributed by atoms with E-state index in [0.717, 1.165) is 38.9 Å². The van der Waals surface area contributed by atoms with Crippen LogP contribution in [0.5, 0.6) is 0 Å². The predicted octanol–water partition coefficient (Wildman–Crippen LogP) is 0.757. The molecule has 2 N–H and O–H groups in total. The number of carbonyl (C=O) groups excluding carboxylic acids is 1. The molecule has 2 aliphatic rings. The van der Waals surface area contributed by atoms with Crippen molar-refractivity contribution < 1.29 is 4.79 Å². The molecule has 1 aliphatic carbocycles. The normalized spacial score (nSPS) is 26.5.